The second kappa shape index (κ2) is 15.9. The Morgan fingerprint density at radius 1 is 1.02 bits per heavy atom. The van der Waals surface area contributed by atoms with Gasteiger partial charge in [-0.15, -0.1) is 11.3 Å². The maximum Gasteiger partial charge on any atom is 0.243 e. The number of aromatic nitrogens is 2. The smallest absolute Gasteiger partial charge is 0.243 e. The highest BCUT2D eigenvalue weighted by Gasteiger charge is 2.43. The van der Waals surface area contributed by atoms with Gasteiger partial charge >= 0.3 is 0 Å². The van der Waals surface area contributed by atoms with Crippen molar-refractivity contribution in [2.75, 3.05) is 44.2 Å². The van der Waals surface area contributed by atoms with Crippen LogP contribution in [-0.2, 0) is 9.59 Å². The minimum absolute atomic E-state index is 0.0880. The lowest BCUT2D eigenvalue weighted by Crippen LogP contribution is -2.48. The first-order valence-electron chi connectivity index (χ1n) is 18.7. The molecule has 0 bridgehead atoms. The lowest BCUT2D eigenvalue weighted by molar-refractivity contribution is -0.141. The van der Waals surface area contributed by atoms with Crippen LogP contribution < -0.4 is 10.2 Å². The molecule has 3 aliphatic rings. The van der Waals surface area contributed by atoms with Crippen molar-refractivity contribution in [3.8, 4) is 10.4 Å². The number of likely N-dealkylation sites (tertiary alicyclic amines) is 2. The number of aliphatic hydroxyl groups excluding tert-OH is 1. The number of thiazole rings is 1. The summed E-state index contributed by atoms with van der Waals surface area (Å²) in [6, 6.07) is 9.01. The number of anilines is 1. The van der Waals surface area contributed by atoms with E-state index in [1.54, 1.807) is 16.2 Å². The normalized spacial score (nSPS) is 22.4. The summed E-state index contributed by atoms with van der Waals surface area (Å²) in [4.78, 5) is 39.8. The second-order valence-electron chi connectivity index (χ2n) is 15.6. The van der Waals surface area contributed by atoms with Gasteiger partial charge in [-0.2, -0.15) is 0 Å². The molecular formula is C39H56N6O4S. The van der Waals surface area contributed by atoms with Crippen molar-refractivity contribution < 1.29 is 19.2 Å². The molecule has 11 heteroatoms. The van der Waals surface area contributed by atoms with Gasteiger partial charge in [-0.25, -0.2) is 4.98 Å². The second-order valence-corrected chi connectivity index (χ2v) is 16.5. The van der Waals surface area contributed by atoms with E-state index in [0.717, 1.165) is 65.3 Å². The third-order valence-electron chi connectivity index (χ3n) is 11.4. The molecule has 4 atom stereocenters. The molecule has 0 saturated carbocycles. The number of β-amino-alcohol motifs (C(OH)–C–C–N with tert-alkyl or cyclic N) is 1. The van der Waals surface area contributed by atoms with Gasteiger partial charge in [0.25, 0.3) is 0 Å². The van der Waals surface area contributed by atoms with Crippen molar-refractivity contribution in [3.63, 3.8) is 0 Å². The summed E-state index contributed by atoms with van der Waals surface area (Å²) in [5.41, 5.74) is 4.90. The Balaban J connectivity index is 1.05. The van der Waals surface area contributed by atoms with Crippen LogP contribution in [0.15, 0.2) is 40.4 Å². The summed E-state index contributed by atoms with van der Waals surface area (Å²) in [5, 5.41) is 18.2. The van der Waals surface area contributed by atoms with Gasteiger partial charge in [-0.1, -0.05) is 57.1 Å². The van der Waals surface area contributed by atoms with Gasteiger partial charge < -0.3 is 29.6 Å². The molecule has 50 heavy (non-hydrogen) atoms. The van der Waals surface area contributed by atoms with Crippen LogP contribution in [0.2, 0.25) is 0 Å². The standard InChI is InChI=1S/C39H56N6O4S/c1-24(2)29-13-15-43(16-14-29)21-28-11-17-44(18-12-28)35-20-34(49-42-35)36(25(3)4)39(48)45-22-32(46)19-33(45)38(47)41-26(5)30-7-9-31(10-8-30)37-27(6)40-23-50-37/h7-10,20,23-26,28-29,32-33,36,46H,11-19,21-22H2,1-6H3,(H,41,47)/t26-,32+,33-,36+/m0/s1. The van der Waals surface area contributed by atoms with Crippen molar-refractivity contribution in [1.82, 2.24) is 25.3 Å². The minimum Gasteiger partial charge on any atom is -0.391 e. The van der Waals surface area contributed by atoms with E-state index in [2.05, 4.69) is 39.1 Å². The summed E-state index contributed by atoms with van der Waals surface area (Å²) in [6.45, 7) is 18.2. The third kappa shape index (κ3) is 8.26. The zero-order chi connectivity index (χ0) is 35.5. The van der Waals surface area contributed by atoms with Crippen LogP contribution in [0, 0.1) is 30.6 Å². The first-order chi connectivity index (χ1) is 24.0. The molecule has 3 aliphatic heterocycles. The zero-order valence-corrected chi connectivity index (χ0v) is 31.5. The van der Waals surface area contributed by atoms with E-state index >= 15 is 0 Å². The first kappa shape index (κ1) is 36.5. The predicted molar refractivity (Wildman–Crippen MR) is 198 cm³/mol. The maximum atomic E-state index is 14.2. The fourth-order valence-corrected chi connectivity index (χ4v) is 9.01. The number of amides is 2. The fourth-order valence-electron chi connectivity index (χ4n) is 8.20. The molecule has 3 aromatic rings. The quantitative estimate of drug-likeness (QED) is 0.240. The van der Waals surface area contributed by atoms with Gasteiger partial charge in [-0.05, 0) is 87.4 Å². The monoisotopic (exact) mass is 704 g/mol. The van der Waals surface area contributed by atoms with Gasteiger partial charge in [0.05, 0.1) is 28.2 Å². The molecular weight excluding hydrogens is 649 g/mol. The molecule has 1 aromatic carbocycles. The number of nitrogens with zero attached hydrogens (tertiary/aromatic N) is 5. The van der Waals surface area contributed by atoms with Crippen molar-refractivity contribution in [2.45, 2.75) is 97.8 Å². The molecule has 3 saturated heterocycles. The lowest BCUT2D eigenvalue weighted by Gasteiger charge is -2.38. The number of nitrogens with one attached hydrogen (secondary N) is 1. The number of rotatable bonds is 11. The van der Waals surface area contributed by atoms with Crippen LogP contribution >= 0.6 is 11.3 Å². The average molecular weight is 705 g/mol. The zero-order valence-electron chi connectivity index (χ0n) is 30.7. The molecule has 0 radical (unpaired) electrons. The first-order valence-corrected chi connectivity index (χ1v) is 19.6. The molecule has 2 amide bonds. The van der Waals surface area contributed by atoms with E-state index in [9.17, 15) is 14.7 Å². The molecule has 3 fully saturated rings. The van der Waals surface area contributed by atoms with Crippen molar-refractivity contribution in [2.24, 2.45) is 23.7 Å². The number of aliphatic hydroxyl groups is 1. The van der Waals surface area contributed by atoms with E-state index in [0.29, 0.717) is 11.7 Å². The summed E-state index contributed by atoms with van der Waals surface area (Å²) >= 11 is 1.61. The van der Waals surface area contributed by atoms with E-state index in [1.165, 1.54) is 32.5 Å². The Morgan fingerprint density at radius 2 is 1.72 bits per heavy atom. The van der Waals surface area contributed by atoms with Crippen LogP contribution in [0.25, 0.3) is 10.4 Å². The Morgan fingerprint density at radius 3 is 2.34 bits per heavy atom. The van der Waals surface area contributed by atoms with E-state index < -0.39 is 18.1 Å². The van der Waals surface area contributed by atoms with Gasteiger partial charge in [0.1, 0.15) is 12.0 Å². The number of benzene rings is 1. The van der Waals surface area contributed by atoms with Crippen LogP contribution in [0.5, 0.6) is 0 Å². The molecule has 0 aliphatic carbocycles. The Kier molecular flexibility index (Phi) is 11.6. The van der Waals surface area contributed by atoms with E-state index in [-0.39, 0.29) is 36.7 Å². The molecule has 2 aromatic heterocycles. The van der Waals surface area contributed by atoms with Crippen molar-refractivity contribution >= 4 is 29.0 Å². The molecule has 5 heterocycles. The highest BCUT2D eigenvalue weighted by Crippen LogP contribution is 2.35. The topological polar surface area (TPSA) is 115 Å². The number of carbonyl (C=O) groups excluding carboxylic acids is 2. The van der Waals surface area contributed by atoms with E-state index in [1.807, 2.05) is 63.5 Å². The van der Waals surface area contributed by atoms with Crippen molar-refractivity contribution in [1.29, 1.82) is 0 Å². The SMILES string of the molecule is Cc1ncsc1-c1ccc([C@H](C)NC(=O)[C@@H]2C[C@@H](O)CN2C(=O)[C@@H](c2cc(N3CCC(CN4CCC(C(C)C)CC4)CC3)no2)C(C)C)cc1. The number of carbonyl (C=O) groups is 2. The molecule has 10 nitrogen and oxygen atoms in total. The van der Waals surface area contributed by atoms with Gasteiger partial charge in [-0.3, -0.25) is 9.59 Å². The molecule has 0 unspecified atom stereocenters. The summed E-state index contributed by atoms with van der Waals surface area (Å²) in [5.74, 6) is 2.46. The summed E-state index contributed by atoms with van der Waals surface area (Å²) in [6.07, 6.45) is 4.31. The predicted octanol–water partition coefficient (Wildman–Crippen LogP) is 6.27. The lowest BCUT2D eigenvalue weighted by atomic mass is 9.86. The third-order valence-corrected chi connectivity index (χ3v) is 12.4. The van der Waals surface area contributed by atoms with Crippen LogP contribution in [0.3, 0.4) is 0 Å². The minimum atomic E-state index is -0.770. The molecule has 0 spiro atoms. The number of hydrogen-bond donors (Lipinski definition) is 2. The Hall–Kier alpha value is -3.28. The summed E-state index contributed by atoms with van der Waals surface area (Å²) in [7, 11) is 0. The molecule has 272 valence electrons. The number of piperidine rings is 2. The van der Waals surface area contributed by atoms with Crippen LogP contribution in [0.4, 0.5) is 5.82 Å². The highest BCUT2D eigenvalue weighted by molar-refractivity contribution is 7.13. The van der Waals surface area contributed by atoms with Crippen LogP contribution in [0.1, 0.15) is 95.7 Å². The van der Waals surface area contributed by atoms with Crippen LogP contribution in [-0.4, -0.2) is 88.3 Å². The molecule has 6 rings (SSSR count). The van der Waals surface area contributed by atoms with Gasteiger partial charge in [0, 0.05) is 38.7 Å². The number of hydrogen-bond acceptors (Lipinski definition) is 9. The fraction of sp³-hybridized carbons (Fsp3) is 0.641. The number of aryl methyl sites for hydroxylation is 1. The molecule has 2 N–H and O–H groups in total. The van der Waals surface area contributed by atoms with Gasteiger partial charge in [0.15, 0.2) is 11.6 Å². The van der Waals surface area contributed by atoms with Gasteiger partial charge in [0.2, 0.25) is 11.8 Å². The average Bonchev–Trinajstić information content (AvgIpc) is 3.85. The van der Waals surface area contributed by atoms with E-state index in [4.69, 9.17) is 4.52 Å². The Labute approximate surface area is 301 Å². The maximum absolute atomic E-state index is 14.2. The summed E-state index contributed by atoms with van der Waals surface area (Å²) < 4.78 is 5.87. The van der Waals surface area contributed by atoms with Crippen molar-refractivity contribution in [3.05, 3.63) is 52.9 Å². The Bertz CT molecular complexity index is 1570. The highest BCUT2D eigenvalue weighted by atomic mass is 32.1. The largest absolute Gasteiger partial charge is 0.391 e.